The molecule has 1 saturated carbocycles. The number of rotatable bonds is 0. The molecule has 2 bridgehead atoms. The summed E-state index contributed by atoms with van der Waals surface area (Å²) in [6, 6.07) is 0.387. The largest absolute Gasteiger partial charge is 0.327 e. The summed E-state index contributed by atoms with van der Waals surface area (Å²) in [6.45, 7) is 4.56. The van der Waals surface area contributed by atoms with Crippen LogP contribution in [0.4, 0.5) is 0 Å². The fraction of sp³-hybridized carbons (Fsp3) is 0.818. The zero-order valence-electron chi connectivity index (χ0n) is 8.14. The van der Waals surface area contributed by atoms with Gasteiger partial charge in [-0.15, -0.1) is 0 Å². The minimum Gasteiger partial charge on any atom is -0.327 e. The molecule has 2 N–H and O–H groups in total. The summed E-state index contributed by atoms with van der Waals surface area (Å²) >= 11 is 0. The van der Waals surface area contributed by atoms with Crippen molar-refractivity contribution in [3.63, 3.8) is 0 Å². The Hall–Kier alpha value is -0.300. The maximum atomic E-state index is 6.25. The highest BCUT2D eigenvalue weighted by atomic mass is 14.7. The Morgan fingerprint density at radius 3 is 2.50 bits per heavy atom. The average Bonchev–Trinajstić information content (AvgIpc) is 2.18. The van der Waals surface area contributed by atoms with E-state index < -0.39 is 0 Å². The van der Waals surface area contributed by atoms with Crippen LogP contribution >= 0.6 is 0 Å². The van der Waals surface area contributed by atoms with Crippen molar-refractivity contribution in [3.05, 3.63) is 11.6 Å². The second kappa shape index (κ2) is 2.59. The molecule has 0 aromatic carbocycles. The summed E-state index contributed by atoms with van der Waals surface area (Å²) in [5, 5.41) is 0. The van der Waals surface area contributed by atoms with Crippen LogP contribution in [0.2, 0.25) is 0 Å². The Morgan fingerprint density at radius 1 is 1.33 bits per heavy atom. The van der Waals surface area contributed by atoms with Crippen LogP contribution < -0.4 is 5.73 Å². The van der Waals surface area contributed by atoms with E-state index in [9.17, 15) is 0 Å². The van der Waals surface area contributed by atoms with Crippen LogP contribution in [0.5, 0.6) is 0 Å². The number of nitrogens with two attached hydrogens (primary N) is 1. The molecule has 0 aromatic rings. The summed E-state index contributed by atoms with van der Waals surface area (Å²) in [5.41, 5.74) is 8.15. The Balaban J connectivity index is 2.34. The molecule has 0 saturated heterocycles. The third-order valence-corrected chi connectivity index (χ3v) is 3.62. The van der Waals surface area contributed by atoms with Crippen molar-refractivity contribution >= 4 is 0 Å². The summed E-state index contributed by atoms with van der Waals surface area (Å²) < 4.78 is 0. The molecule has 3 rings (SSSR count). The van der Waals surface area contributed by atoms with E-state index in [1.54, 1.807) is 5.57 Å². The van der Waals surface area contributed by atoms with Gasteiger partial charge in [-0.25, -0.2) is 0 Å². The molecule has 12 heavy (non-hydrogen) atoms. The summed E-state index contributed by atoms with van der Waals surface area (Å²) in [4.78, 5) is 0. The van der Waals surface area contributed by atoms with Crippen molar-refractivity contribution in [2.45, 2.75) is 45.6 Å². The van der Waals surface area contributed by atoms with Crippen molar-refractivity contribution in [2.75, 3.05) is 0 Å². The zero-order chi connectivity index (χ0) is 8.77. The molecule has 3 aliphatic rings. The molecule has 0 heterocycles. The monoisotopic (exact) mass is 165 g/mol. The number of allylic oxidation sites excluding steroid dienone is 1. The smallest absolute Gasteiger partial charge is 0.0154 e. The number of hydrogen-bond acceptors (Lipinski definition) is 1. The van der Waals surface area contributed by atoms with Crippen LogP contribution in [-0.2, 0) is 0 Å². The molecule has 0 radical (unpaired) electrons. The van der Waals surface area contributed by atoms with E-state index in [-0.39, 0.29) is 5.41 Å². The standard InChI is InChI=1S/C11H19N/c1-11(2)7-8-3-5-9(6-4-8)10(11)12/h7,9-10H,3-6,12H2,1-2H3/t10-/m1/s1. The van der Waals surface area contributed by atoms with Gasteiger partial charge >= 0.3 is 0 Å². The van der Waals surface area contributed by atoms with Crippen LogP contribution in [0.1, 0.15) is 39.5 Å². The van der Waals surface area contributed by atoms with Crippen LogP contribution in [0.25, 0.3) is 0 Å². The number of fused-ring (bicyclic) bond motifs is 4. The highest BCUT2D eigenvalue weighted by Gasteiger charge is 2.36. The quantitative estimate of drug-likeness (QED) is 0.548. The maximum absolute atomic E-state index is 6.25. The second-order valence-corrected chi connectivity index (χ2v) is 4.99. The van der Waals surface area contributed by atoms with E-state index in [2.05, 4.69) is 19.9 Å². The lowest BCUT2D eigenvalue weighted by atomic mass is 9.77. The molecule has 0 amide bonds. The number of hydrogen-bond donors (Lipinski definition) is 1. The van der Waals surface area contributed by atoms with Gasteiger partial charge in [-0.2, -0.15) is 0 Å². The molecule has 0 spiro atoms. The van der Waals surface area contributed by atoms with Gasteiger partial charge in [0.05, 0.1) is 0 Å². The molecule has 1 fully saturated rings. The van der Waals surface area contributed by atoms with Gasteiger partial charge in [0.1, 0.15) is 0 Å². The van der Waals surface area contributed by atoms with Gasteiger partial charge in [0.15, 0.2) is 0 Å². The lowest BCUT2D eigenvalue weighted by Crippen LogP contribution is -2.41. The van der Waals surface area contributed by atoms with Crippen LogP contribution in [0, 0.1) is 11.3 Å². The van der Waals surface area contributed by atoms with Crippen LogP contribution in [0.3, 0.4) is 0 Å². The zero-order valence-corrected chi connectivity index (χ0v) is 8.14. The van der Waals surface area contributed by atoms with E-state index in [0.717, 1.165) is 5.92 Å². The lowest BCUT2D eigenvalue weighted by molar-refractivity contribution is 0.254. The third kappa shape index (κ3) is 1.20. The minimum absolute atomic E-state index is 0.243. The predicted molar refractivity (Wildman–Crippen MR) is 51.8 cm³/mol. The fourth-order valence-corrected chi connectivity index (χ4v) is 2.74. The van der Waals surface area contributed by atoms with E-state index in [0.29, 0.717) is 6.04 Å². The normalized spacial score (nSPS) is 34.6. The molecular formula is C11H19N. The molecule has 3 aliphatic carbocycles. The van der Waals surface area contributed by atoms with Crippen LogP contribution in [-0.4, -0.2) is 6.04 Å². The van der Waals surface area contributed by atoms with E-state index in [1.807, 2.05) is 0 Å². The molecule has 0 aliphatic heterocycles. The van der Waals surface area contributed by atoms with Gasteiger partial charge in [-0.3, -0.25) is 0 Å². The molecule has 1 atom stereocenters. The first-order chi connectivity index (χ1) is 5.59. The molecule has 1 heteroatoms. The van der Waals surface area contributed by atoms with Crippen molar-refractivity contribution in [3.8, 4) is 0 Å². The Morgan fingerprint density at radius 2 is 1.92 bits per heavy atom. The molecule has 1 nitrogen and oxygen atoms in total. The minimum atomic E-state index is 0.243. The first kappa shape index (κ1) is 8.31. The summed E-state index contributed by atoms with van der Waals surface area (Å²) in [7, 11) is 0. The lowest BCUT2D eigenvalue weighted by Gasteiger charge is -2.32. The van der Waals surface area contributed by atoms with Gasteiger partial charge < -0.3 is 5.73 Å². The van der Waals surface area contributed by atoms with Crippen molar-refractivity contribution in [1.82, 2.24) is 0 Å². The van der Waals surface area contributed by atoms with E-state index >= 15 is 0 Å². The van der Waals surface area contributed by atoms with Crippen molar-refractivity contribution in [1.29, 1.82) is 0 Å². The van der Waals surface area contributed by atoms with Gasteiger partial charge in [-0.05, 0) is 37.0 Å². The Kier molecular flexibility index (Phi) is 1.80. The maximum Gasteiger partial charge on any atom is 0.0154 e. The Bertz CT molecular complexity index is 205. The first-order valence-electron chi connectivity index (χ1n) is 5.06. The second-order valence-electron chi connectivity index (χ2n) is 4.99. The van der Waals surface area contributed by atoms with E-state index in [4.69, 9.17) is 5.73 Å². The van der Waals surface area contributed by atoms with Crippen LogP contribution in [0.15, 0.2) is 11.6 Å². The SMILES string of the molecule is CC1(C)C=C2CCC(CC2)[C@H]1N. The molecule has 0 aromatic heterocycles. The predicted octanol–water partition coefficient (Wildman–Crippen LogP) is 2.47. The summed E-state index contributed by atoms with van der Waals surface area (Å²) in [6.07, 6.45) is 7.71. The van der Waals surface area contributed by atoms with Crippen molar-refractivity contribution in [2.24, 2.45) is 17.1 Å². The van der Waals surface area contributed by atoms with Gasteiger partial charge in [-0.1, -0.05) is 25.5 Å². The van der Waals surface area contributed by atoms with Gasteiger partial charge in [0, 0.05) is 6.04 Å². The highest BCUT2D eigenvalue weighted by molar-refractivity contribution is 5.17. The average molecular weight is 165 g/mol. The Labute approximate surface area is 75.0 Å². The highest BCUT2D eigenvalue weighted by Crippen LogP contribution is 2.42. The first-order valence-corrected chi connectivity index (χ1v) is 5.06. The van der Waals surface area contributed by atoms with Gasteiger partial charge in [0.2, 0.25) is 0 Å². The van der Waals surface area contributed by atoms with E-state index in [1.165, 1.54) is 25.7 Å². The summed E-state index contributed by atoms with van der Waals surface area (Å²) in [5.74, 6) is 0.780. The van der Waals surface area contributed by atoms with Gasteiger partial charge in [0.25, 0.3) is 0 Å². The van der Waals surface area contributed by atoms with Crippen molar-refractivity contribution < 1.29 is 0 Å². The molecular weight excluding hydrogens is 146 g/mol. The topological polar surface area (TPSA) is 26.0 Å². The third-order valence-electron chi connectivity index (χ3n) is 3.62. The molecule has 68 valence electrons. The molecule has 0 unspecified atom stereocenters. The fourth-order valence-electron chi connectivity index (χ4n) is 2.74.